The minimum Gasteiger partial charge on any atom is -0.248 e. The Hall–Kier alpha value is 0.680. The lowest BCUT2D eigenvalue weighted by Crippen LogP contribution is -2.54. The first kappa shape index (κ1) is 23.7. The molecule has 0 spiro atoms. The van der Waals surface area contributed by atoms with Gasteiger partial charge < -0.3 is 0 Å². The highest BCUT2D eigenvalue weighted by molar-refractivity contribution is 9.12. The number of rotatable bonds is 5. The monoisotopic (exact) mass is 562 g/mol. The van der Waals surface area contributed by atoms with E-state index in [-0.39, 0.29) is 10.9 Å². The van der Waals surface area contributed by atoms with Crippen LogP contribution in [0.25, 0.3) is 0 Å². The van der Waals surface area contributed by atoms with Gasteiger partial charge in [0.05, 0.1) is 19.6 Å². The topological polar surface area (TPSA) is 17.1 Å². The molecule has 0 N–H and O–H groups in total. The van der Waals surface area contributed by atoms with Gasteiger partial charge in [-0.05, 0) is 12.5 Å². The van der Waals surface area contributed by atoms with Crippen molar-refractivity contribution < 1.29 is 34.9 Å². The molecule has 0 radical (unpaired) electrons. The van der Waals surface area contributed by atoms with E-state index < -0.39 is 47.8 Å². The molecular weight excluding hydrogens is 556 g/mol. The van der Waals surface area contributed by atoms with Gasteiger partial charge >= 0.3 is 17.4 Å². The molecule has 0 aromatic carbocycles. The molecule has 146 valence electrons. The molecule has 1 rings (SSSR count). The van der Waals surface area contributed by atoms with Gasteiger partial charge in [0.1, 0.15) is 10.8 Å². The molecule has 0 aromatic rings. The number of allylic oxidation sites excluding steroid dienone is 3. The zero-order valence-corrected chi connectivity index (χ0v) is 17.5. The fourth-order valence-corrected chi connectivity index (χ4v) is 6.03. The lowest BCUT2D eigenvalue weighted by molar-refractivity contribution is -0.331. The van der Waals surface area contributed by atoms with Crippen molar-refractivity contribution in [3.8, 4) is 0 Å². The predicted molar refractivity (Wildman–Crippen MR) is 90.2 cm³/mol. The molecule has 0 saturated carbocycles. The van der Waals surface area contributed by atoms with Crippen molar-refractivity contribution in [2.24, 2.45) is 0 Å². The Labute approximate surface area is 167 Å². The molecule has 13 heteroatoms. The normalized spacial score (nSPS) is 27.4. The van der Waals surface area contributed by atoms with E-state index in [1.54, 1.807) is 6.92 Å². The molecule has 0 fully saturated rings. The third-order valence-corrected chi connectivity index (χ3v) is 8.66. The summed E-state index contributed by atoms with van der Waals surface area (Å²) in [4.78, 5) is -1.07. The first-order valence-electron chi connectivity index (χ1n) is 6.40. The van der Waals surface area contributed by atoms with Gasteiger partial charge in [-0.3, -0.25) is 0 Å². The van der Waals surface area contributed by atoms with Gasteiger partial charge in [0.2, 0.25) is 0 Å². The van der Waals surface area contributed by atoms with Gasteiger partial charge in [0, 0.05) is 4.48 Å². The smallest absolute Gasteiger partial charge is 0.248 e. The van der Waals surface area contributed by atoms with Crippen LogP contribution in [0.3, 0.4) is 0 Å². The Kier molecular flexibility index (Phi) is 7.21. The Bertz CT molecular complexity index is 635. The average Bonchev–Trinajstić information content (AvgIpc) is 2.47. The van der Waals surface area contributed by atoms with Crippen LogP contribution >= 0.6 is 55.1 Å². The maximum absolute atomic E-state index is 13.8. The molecule has 0 amide bonds. The van der Waals surface area contributed by atoms with E-state index in [9.17, 15) is 34.9 Å². The molecule has 3 unspecified atom stereocenters. The largest absolute Gasteiger partial charge is 0.461 e. The van der Waals surface area contributed by atoms with E-state index in [0.717, 1.165) is 0 Å². The third kappa shape index (κ3) is 3.95. The van der Waals surface area contributed by atoms with Crippen LogP contribution in [0.2, 0.25) is 0 Å². The van der Waals surface area contributed by atoms with Gasteiger partial charge in [0.25, 0.3) is 0 Å². The van der Waals surface area contributed by atoms with Crippen molar-refractivity contribution in [2.45, 2.75) is 46.8 Å². The minimum absolute atomic E-state index is 0.0432. The fraction of sp³-hybridized carbons (Fsp3) is 0.667. The molecule has 0 aromatic heterocycles. The highest BCUT2D eigenvalue weighted by atomic mass is 79.9. The molecule has 1 aliphatic rings. The van der Waals surface area contributed by atoms with Crippen molar-refractivity contribution in [3.63, 3.8) is 0 Å². The Balaban J connectivity index is 3.53. The first-order valence-corrected chi connectivity index (χ1v) is 9.95. The van der Waals surface area contributed by atoms with Crippen LogP contribution in [0.4, 0.5) is 30.7 Å². The molecule has 0 heterocycles. The van der Waals surface area contributed by atoms with Crippen LogP contribution in [-0.2, 0) is 10.8 Å². The van der Waals surface area contributed by atoms with E-state index in [1.165, 1.54) is 0 Å². The third-order valence-electron chi connectivity index (χ3n) is 3.26. The number of halogens is 11. The van der Waals surface area contributed by atoms with Crippen LogP contribution in [0.1, 0.15) is 19.8 Å². The molecule has 0 bridgehead atoms. The number of alkyl halides is 9. The average molecular weight is 565 g/mol. The Morgan fingerprint density at radius 3 is 2.12 bits per heavy atom. The zero-order valence-electron chi connectivity index (χ0n) is 12.0. The van der Waals surface area contributed by atoms with Gasteiger partial charge in [-0.2, -0.15) is 30.7 Å². The molecule has 1 aliphatic carbocycles. The number of hydrogen-bond acceptors (Lipinski definition) is 1. The van der Waals surface area contributed by atoms with Crippen LogP contribution < -0.4 is 0 Å². The lowest BCUT2D eigenvalue weighted by atomic mass is 9.94. The van der Waals surface area contributed by atoms with Crippen molar-refractivity contribution in [1.82, 2.24) is 0 Å². The van der Waals surface area contributed by atoms with Gasteiger partial charge in [-0.25, -0.2) is 4.21 Å². The summed E-state index contributed by atoms with van der Waals surface area (Å²) >= 11 is 18.0. The summed E-state index contributed by atoms with van der Waals surface area (Å²) in [7, 11) is -4.10. The molecular formula is C12H9Br2Cl2F7OS. The minimum atomic E-state index is -6.60. The summed E-state index contributed by atoms with van der Waals surface area (Å²) in [5, 5.41) is -7.53. The summed E-state index contributed by atoms with van der Waals surface area (Å²) in [6, 6.07) is 0. The van der Waals surface area contributed by atoms with E-state index in [0.29, 0.717) is 12.5 Å². The summed E-state index contributed by atoms with van der Waals surface area (Å²) in [6.07, 6.45) is -5.41. The highest BCUT2D eigenvalue weighted by Crippen LogP contribution is 2.54. The zero-order chi connectivity index (χ0) is 20.0. The summed E-state index contributed by atoms with van der Waals surface area (Å²) < 4.78 is 101. The lowest BCUT2D eigenvalue weighted by Gasteiger charge is -2.37. The molecule has 0 aliphatic heterocycles. The van der Waals surface area contributed by atoms with E-state index in [4.69, 9.17) is 23.2 Å². The van der Waals surface area contributed by atoms with Crippen LogP contribution in [0, 0.1) is 0 Å². The van der Waals surface area contributed by atoms with E-state index >= 15 is 0 Å². The van der Waals surface area contributed by atoms with Gasteiger partial charge in [-0.15, -0.1) is 11.6 Å². The number of hydrogen-bond donors (Lipinski definition) is 0. The van der Waals surface area contributed by atoms with E-state index in [2.05, 4.69) is 31.9 Å². The maximum atomic E-state index is 13.8. The standard InChI is InChI=1S/C12H9Br2Cl2F7OS/c1-2-3-9(14)7(15)5(13)4-6(8(9)16)25(24)12(22,23)10(17,18)11(19,20)21/h4,7H,2-3H2,1H3. The van der Waals surface area contributed by atoms with E-state index in [1.807, 2.05) is 0 Å². The van der Waals surface area contributed by atoms with Crippen LogP contribution in [-0.4, -0.2) is 31.3 Å². The Morgan fingerprint density at radius 1 is 1.24 bits per heavy atom. The summed E-state index contributed by atoms with van der Waals surface area (Å²) in [5.74, 6) is -6.52. The SMILES string of the molecule is CCCC1(Br)C(Cl)=C(S(=O)C(F)(F)C(F)(F)C(F)(F)F)C=C(Br)C1Cl. The second-order valence-corrected chi connectivity index (χ2v) is 9.68. The molecule has 1 nitrogen and oxygen atoms in total. The summed E-state index contributed by atoms with van der Waals surface area (Å²) in [5.41, 5.74) is 0. The molecule has 3 atom stereocenters. The molecule has 25 heavy (non-hydrogen) atoms. The predicted octanol–water partition coefficient (Wildman–Crippen LogP) is 6.81. The quantitative estimate of drug-likeness (QED) is 0.265. The molecule has 0 saturated heterocycles. The van der Waals surface area contributed by atoms with Crippen molar-refractivity contribution in [2.75, 3.05) is 0 Å². The fourth-order valence-electron chi connectivity index (χ4n) is 1.95. The van der Waals surface area contributed by atoms with Gasteiger partial charge in [-0.1, -0.05) is 56.8 Å². The first-order chi connectivity index (χ1) is 11.1. The van der Waals surface area contributed by atoms with Crippen molar-refractivity contribution >= 4 is 65.9 Å². The Morgan fingerprint density at radius 2 is 1.72 bits per heavy atom. The van der Waals surface area contributed by atoms with Crippen LogP contribution in [0.5, 0.6) is 0 Å². The maximum Gasteiger partial charge on any atom is 0.461 e. The van der Waals surface area contributed by atoms with Crippen molar-refractivity contribution in [1.29, 1.82) is 0 Å². The van der Waals surface area contributed by atoms with Gasteiger partial charge in [0.15, 0.2) is 0 Å². The highest BCUT2D eigenvalue weighted by Gasteiger charge is 2.76. The van der Waals surface area contributed by atoms with Crippen molar-refractivity contribution in [3.05, 3.63) is 20.5 Å². The van der Waals surface area contributed by atoms with Crippen LogP contribution in [0.15, 0.2) is 20.5 Å². The second kappa shape index (κ2) is 7.60. The second-order valence-electron chi connectivity index (χ2n) is 5.04. The summed E-state index contributed by atoms with van der Waals surface area (Å²) in [6.45, 7) is 1.67.